The number of carbonyl (C=O) groups excluding carboxylic acids is 3. The highest BCUT2D eigenvalue weighted by Crippen LogP contribution is 2.32. The summed E-state index contributed by atoms with van der Waals surface area (Å²) in [6.07, 6.45) is -42.7. The van der Waals surface area contributed by atoms with Crippen LogP contribution < -0.4 is 16.0 Å². The Kier molecular flexibility index (Phi) is 27.4. The molecule has 4 rings (SSSR count). The predicted molar refractivity (Wildman–Crippen MR) is 246 cm³/mol. The summed E-state index contributed by atoms with van der Waals surface area (Å²) in [5, 5.41) is 178. The fourth-order valence-electron chi connectivity index (χ4n) is 9.08. The van der Waals surface area contributed by atoms with Crippen molar-refractivity contribution >= 4 is 17.7 Å². The van der Waals surface area contributed by atoms with E-state index in [9.17, 15) is 96.1 Å². The Balaban J connectivity index is 1.65. The number of rotatable bonds is 29. The Morgan fingerprint density at radius 3 is 1.60 bits per heavy atom. The van der Waals surface area contributed by atoms with Crippen LogP contribution in [0.15, 0.2) is 0 Å². The van der Waals surface area contributed by atoms with Crippen LogP contribution in [0.5, 0.6) is 0 Å². The second-order valence-corrected chi connectivity index (χ2v) is 18.8. The summed E-state index contributed by atoms with van der Waals surface area (Å²) >= 11 is 0. The van der Waals surface area contributed by atoms with Crippen LogP contribution in [0.4, 0.5) is 0 Å². The number of ether oxygens (including phenoxy) is 11. The second-order valence-electron chi connectivity index (χ2n) is 18.8. The molecular weight excluding hydrogens is 1050 g/mol. The molecule has 77 heavy (non-hydrogen) atoms. The molecule has 3 amide bonds. The van der Waals surface area contributed by atoms with Gasteiger partial charge in [-0.3, -0.25) is 14.4 Å². The predicted octanol–water partition coefficient (Wildman–Crippen LogP) is -11.7. The molecule has 4 fully saturated rings. The first kappa shape index (κ1) is 66.8. The SMILES string of the molecule is CO[C@H](OC[C@H](O)C(CO[C@H]1OC(CO)[C@@H](O)C(O)C1O)O[C@H](CO)O[C@@H]1C(CO)O[C@@H](O[C@@H]2C(CO)O[C@@H](C)C(NC(C)=O)C2O)C(NC(C)=O)C1O)C(O[C@@H]1OC(CO)[C@@H](O)C(O)C1NC(C)=O)C(O)[C@H](O)CCO. The molecule has 15 unspecified atom stereocenters. The van der Waals surface area contributed by atoms with Gasteiger partial charge in [0.05, 0.1) is 64.5 Å². The van der Waals surface area contributed by atoms with Gasteiger partial charge < -0.3 is 150 Å². The molecule has 33 heteroatoms. The molecule has 0 aromatic carbocycles. The maximum absolute atomic E-state index is 12.6. The zero-order valence-electron chi connectivity index (χ0n) is 42.8. The summed E-state index contributed by atoms with van der Waals surface area (Å²) < 4.78 is 63.5. The Hall–Kier alpha value is -2.67. The van der Waals surface area contributed by atoms with Gasteiger partial charge in [0.25, 0.3) is 0 Å². The first-order valence-corrected chi connectivity index (χ1v) is 24.7. The van der Waals surface area contributed by atoms with Gasteiger partial charge in [0.15, 0.2) is 31.5 Å². The standard InChI is InChI=1S/C44H79N3O30/c1-15-27(45-16(2)54)34(63)39(23(10-51)70-15)76-42-29(47-18(4)56)35(64)38(24(11-52)74-42)75-26(12-53)71-25(14-69-43-37(66)36(65)32(61)22(9-50)73-43)20(58)13-68-44(67-5)40(30(59)19(57)6-7-48)77-41-28(46-17(3)55)33(62)31(60)21(8-49)72-41/h15,19-44,48-53,57-66H,6-14H2,1-5H3,(H,45,54)(H,46,55)(H,47,56)/t15-,19+,20-,21?,22?,23?,24?,25?,26-,27?,28?,29?,30?,31+,32+,33?,34?,35?,36?,37?,38+,39+,40?,41-,42-,43-,44+/m0/s1. The molecule has 0 spiro atoms. The molecule has 450 valence electrons. The third kappa shape index (κ3) is 17.4. The highest BCUT2D eigenvalue weighted by Gasteiger charge is 2.53. The average Bonchev–Trinajstić information content (AvgIpc) is 3.39. The summed E-state index contributed by atoms with van der Waals surface area (Å²) in [5.41, 5.74) is 0. The van der Waals surface area contributed by atoms with Crippen molar-refractivity contribution in [2.45, 2.75) is 200 Å². The van der Waals surface area contributed by atoms with Crippen LogP contribution in [0.3, 0.4) is 0 Å². The van der Waals surface area contributed by atoms with Crippen molar-refractivity contribution in [1.82, 2.24) is 16.0 Å². The van der Waals surface area contributed by atoms with Crippen molar-refractivity contribution in [1.29, 1.82) is 0 Å². The van der Waals surface area contributed by atoms with E-state index in [-0.39, 0.29) is 0 Å². The van der Waals surface area contributed by atoms with Crippen molar-refractivity contribution < 1.29 is 148 Å². The van der Waals surface area contributed by atoms with Gasteiger partial charge in [0.1, 0.15) is 116 Å². The van der Waals surface area contributed by atoms with Crippen LogP contribution in [0.1, 0.15) is 34.1 Å². The second kappa shape index (κ2) is 31.5. The lowest BCUT2D eigenvalue weighted by Crippen LogP contribution is -2.69. The van der Waals surface area contributed by atoms with Gasteiger partial charge in [-0.15, -0.1) is 0 Å². The maximum Gasteiger partial charge on any atom is 0.217 e. The number of hydrogen-bond donors (Lipinski definition) is 19. The monoisotopic (exact) mass is 1130 g/mol. The lowest BCUT2D eigenvalue weighted by Gasteiger charge is -2.48. The molecule has 4 heterocycles. The molecule has 0 saturated carbocycles. The summed E-state index contributed by atoms with van der Waals surface area (Å²) in [4.78, 5) is 36.7. The lowest BCUT2D eigenvalue weighted by molar-refractivity contribution is -0.342. The summed E-state index contributed by atoms with van der Waals surface area (Å²) in [7, 11) is 1.00. The van der Waals surface area contributed by atoms with E-state index in [1.807, 2.05) is 0 Å². The van der Waals surface area contributed by atoms with E-state index in [1.54, 1.807) is 0 Å². The van der Waals surface area contributed by atoms with Crippen LogP contribution in [0, 0.1) is 0 Å². The molecule has 0 aromatic rings. The van der Waals surface area contributed by atoms with Gasteiger partial charge in [-0.1, -0.05) is 0 Å². The van der Waals surface area contributed by atoms with Crippen LogP contribution in [0.25, 0.3) is 0 Å². The van der Waals surface area contributed by atoms with Crippen LogP contribution in [0.2, 0.25) is 0 Å². The Bertz CT molecular complexity index is 1770. The van der Waals surface area contributed by atoms with E-state index in [4.69, 9.17) is 52.1 Å². The van der Waals surface area contributed by atoms with Gasteiger partial charge in [0.2, 0.25) is 17.7 Å². The first-order valence-electron chi connectivity index (χ1n) is 24.7. The third-order valence-electron chi connectivity index (χ3n) is 13.1. The van der Waals surface area contributed by atoms with E-state index >= 15 is 0 Å². The molecule has 19 N–H and O–H groups in total. The quantitative estimate of drug-likeness (QED) is 0.0309. The van der Waals surface area contributed by atoms with E-state index in [1.165, 1.54) is 13.8 Å². The molecule has 4 saturated heterocycles. The largest absolute Gasteiger partial charge is 0.396 e. The van der Waals surface area contributed by atoms with Gasteiger partial charge in [-0.05, 0) is 13.3 Å². The molecule has 4 aliphatic heterocycles. The molecule has 0 aliphatic carbocycles. The van der Waals surface area contributed by atoms with Gasteiger partial charge in [-0.2, -0.15) is 0 Å². The number of amides is 3. The van der Waals surface area contributed by atoms with E-state index < -0.39 is 243 Å². The molecule has 33 nitrogen and oxygen atoms in total. The summed E-state index contributed by atoms with van der Waals surface area (Å²) in [6.45, 7) is -2.43. The van der Waals surface area contributed by atoms with E-state index in [0.29, 0.717) is 0 Å². The maximum atomic E-state index is 12.6. The average molecular weight is 1130 g/mol. The van der Waals surface area contributed by atoms with Gasteiger partial charge in [0, 0.05) is 34.5 Å². The highest BCUT2D eigenvalue weighted by molar-refractivity contribution is 5.74. The summed E-state index contributed by atoms with van der Waals surface area (Å²) in [6, 6.07) is -4.34. The van der Waals surface area contributed by atoms with Crippen LogP contribution >= 0.6 is 0 Å². The topological polar surface area (TPSA) is 513 Å². The van der Waals surface area contributed by atoms with E-state index in [0.717, 1.165) is 21.0 Å². The highest BCUT2D eigenvalue weighted by atomic mass is 16.8. The molecule has 0 radical (unpaired) electrons. The third-order valence-corrected chi connectivity index (χ3v) is 13.1. The zero-order chi connectivity index (χ0) is 57.6. The van der Waals surface area contributed by atoms with Crippen LogP contribution in [-0.4, -0.2) is 325 Å². The minimum absolute atomic E-state index is 0.477. The smallest absolute Gasteiger partial charge is 0.217 e. The molecule has 27 atom stereocenters. The number of hydrogen-bond acceptors (Lipinski definition) is 30. The van der Waals surface area contributed by atoms with Crippen molar-refractivity contribution in [2.24, 2.45) is 0 Å². The lowest BCUT2D eigenvalue weighted by atomic mass is 9.92. The number of nitrogens with one attached hydrogen (secondary N) is 3. The Morgan fingerprint density at radius 1 is 0.558 bits per heavy atom. The first-order chi connectivity index (χ1) is 36.4. The minimum Gasteiger partial charge on any atom is -0.396 e. The van der Waals surface area contributed by atoms with Crippen molar-refractivity contribution in [3.8, 4) is 0 Å². The number of methoxy groups -OCH3 is 1. The van der Waals surface area contributed by atoms with Gasteiger partial charge >= 0.3 is 0 Å². The molecular formula is C44H79N3O30. The Morgan fingerprint density at radius 2 is 1.06 bits per heavy atom. The molecule has 4 aliphatic rings. The fourth-order valence-corrected chi connectivity index (χ4v) is 9.08. The number of aliphatic hydroxyl groups excluding tert-OH is 16. The minimum atomic E-state index is -2.09. The van der Waals surface area contributed by atoms with Gasteiger partial charge in [-0.25, -0.2) is 0 Å². The zero-order valence-corrected chi connectivity index (χ0v) is 42.8. The van der Waals surface area contributed by atoms with E-state index in [2.05, 4.69) is 16.0 Å². The molecule has 0 aromatic heterocycles. The Labute approximate surface area is 440 Å². The fraction of sp³-hybridized carbons (Fsp3) is 0.932. The van der Waals surface area contributed by atoms with Crippen LogP contribution in [-0.2, 0) is 66.5 Å². The normalized spacial score (nSPS) is 38.6. The number of aliphatic hydroxyl groups is 16. The number of carbonyl (C=O) groups is 3. The summed E-state index contributed by atoms with van der Waals surface area (Å²) in [5.74, 6) is -2.09. The van der Waals surface area contributed by atoms with Crippen molar-refractivity contribution in [3.05, 3.63) is 0 Å². The van der Waals surface area contributed by atoms with Crippen molar-refractivity contribution in [3.63, 3.8) is 0 Å². The van der Waals surface area contributed by atoms with Crippen molar-refractivity contribution in [2.75, 3.05) is 60.0 Å². The molecule has 0 bridgehead atoms.